The van der Waals surface area contributed by atoms with E-state index in [1.165, 1.54) is 12.1 Å². The van der Waals surface area contributed by atoms with Gasteiger partial charge in [0.05, 0.1) is 6.04 Å². The smallest absolute Gasteiger partial charge is 0.123 e. The zero-order valence-corrected chi connectivity index (χ0v) is 8.80. The molecule has 4 heteroatoms. The summed E-state index contributed by atoms with van der Waals surface area (Å²) in [5, 5.41) is 4.01. The predicted molar refractivity (Wildman–Crippen MR) is 59.9 cm³/mol. The lowest BCUT2D eigenvalue weighted by molar-refractivity contribution is 0.616. The maximum absolute atomic E-state index is 12.7. The van der Waals surface area contributed by atoms with Crippen LogP contribution in [-0.2, 0) is 0 Å². The number of hydrazine groups is 1. The Kier molecular flexibility index (Phi) is 3.11. The Balaban J connectivity index is 2.31. The second-order valence-electron chi connectivity index (χ2n) is 3.21. The summed E-state index contributed by atoms with van der Waals surface area (Å²) in [7, 11) is 0. The minimum atomic E-state index is -0.236. The molecular weight excluding hydrogens is 211 g/mol. The van der Waals surface area contributed by atoms with Crippen LogP contribution in [-0.4, -0.2) is 0 Å². The van der Waals surface area contributed by atoms with Crippen molar-refractivity contribution in [2.75, 3.05) is 0 Å². The van der Waals surface area contributed by atoms with Gasteiger partial charge in [-0.3, -0.25) is 5.84 Å². The maximum atomic E-state index is 12.7. The van der Waals surface area contributed by atoms with Crippen molar-refractivity contribution in [3.8, 4) is 0 Å². The Morgan fingerprint density at radius 3 is 2.40 bits per heavy atom. The van der Waals surface area contributed by atoms with Gasteiger partial charge >= 0.3 is 0 Å². The molecule has 0 radical (unpaired) electrons. The summed E-state index contributed by atoms with van der Waals surface area (Å²) in [6.45, 7) is 0. The Morgan fingerprint density at radius 1 is 1.13 bits per heavy atom. The van der Waals surface area contributed by atoms with Crippen molar-refractivity contribution in [2.45, 2.75) is 6.04 Å². The molecule has 2 rings (SSSR count). The maximum Gasteiger partial charge on any atom is 0.123 e. The van der Waals surface area contributed by atoms with Gasteiger partial charge in [0.2, 0.25) is 0 Å². The van der Waals surface area contributed by atoms with E-state index in [2.05, 4.69) is 5.43 Å². The molecule has 0 fully saturated rings. The van der Waals surface area contributed by atoms with E-state index in [4.69, 9.17) is 5.84 Å². The average Bonchev–Trinajstić information content (AvgIpc) is 2.75. The van der Waals surface area contributed by atoms with Crippen LogP contribution in [0.1, 0.15) is 17.2 Å². The number of halogens is 1. The predicted octanol–water partition coefficient (Wildman–Crippen LogP) is 2.44. The first-order valence-corrected chi connectivity index (χ1v) is 5.49. The zero-order valence-electron chi connectivity index (χ0n) is 7.98. The van der Waals surface area contributed by atoms with Gasteiger partial charge in [0.1, 0.15) is 5.82 Å². The lowest BCUT2D eigenvalue weighted by Gasteiger charge is -2.14. The van der Waals surface area contributed by atoms with Crippen molar-refractivity contribution in [1.82, 2.24) is 5.43 Å². The number of nitrogens with one attached hydrogen (secondary N) is 1. The quantitative estimate of drug-likeness (QED) is 0.618. The van der Waals surface area contributed by atoms with Crippen LogP contribution in [0.3, 0.4) is 0 Å². The van der Waals surface area contributed by atoms with Gasteiger partial charge in [-0.2, -0.15) is 11.3 Å². The van der Waals surface area contributed by atoms with Crippen molar-refractivity contribution in [1.29, 1.82) is 0 Å². The Morgan fingerprint density at radius 2 is 1.87 bits per heavy atom. The monoisotopic (exact) mass is 222 g/mol. The van der Waals surface area contributed by atoms with Crippen LogP contribution in [0.15, 0.2) is 41.1 Å². The van der Waals surface area contributed by atoms with Gasteiger partial charge in [-0.05, 0) is 40.1 Å². The molecule has 15 heavy (non-hydrogen) atoms. The molecule has 1 unspecified atom stereocenters. The topological polar surface area (TPSA) is 38.0 Å². The zero-order chi connectivity index (χ0) is 10.7. The van der Waals surface area contributed by atoms with Crippen LogP contribution in [0.5, 0.6) is 0 Å². The standard InChI is InChI=1S/C11H11FN2S/c12-10-3-1-8(2-4-10)11(14-13)9-5-6-15-7-9/h1-7,11,14H,13H2. The normalized spacial score (nSPS) is 12.7. The lowest BCUT2D eigenvalue weighted by Crippen LogP contribution is -2.28. The molecule has 3 N–H and O–H groups in total. The van der Waals surface area contributed by atoms with Crippen LogP contribution in [0.4, 0.5) is 4.39 Å². The number of thiophene rings is 1. The van der Waals surface area contributed by atoms with Gasteiger partial charge in [0.25, 0.3) is 0 Å². The lowest BCUT2D eigenvalue weighted by atomic mass is 10.0. The second kappa shape index (κ2) is 4.53. The molecule has 0 aliphatic rings. The molecule has 1 heterocycles. The summed E-state index contributed by atoms with van der Waals surface area (Å²) in [5.41, 5.74) is 4.77. The molecule has 0 saturated heterocycles. The fraction of sp³-hybridized carbons (Fsp3) is 0.0909. The number of nitrogens with two attached hydrogens (primary N) is 1. The largest absolute Gasteiger partial charge is 0.271 e. The molecule has 0 aliphatic heterocycles. The number of hydrogen-bond acceptors (Lipinski definition) is 3. The molecule has 78 valence electrons. The summed E-state index contributed by atoms with van der Waals surface area (Å²) in [6, 6.07) is 8.27. The number of rotatable bonds is 3. The van der Waals surface area contributed by atoms with E-state index in [-0.39, 0.29) is 11.9 Å². The average molecular weight is 222 g/mol. The highest BCUT2D eigenvalue weighted by Crippen LogP contribution is 2.23. The van der Waals surface area contributed by atoms with Crippen LogP contribution in [0.2, 0.25) is 0 Å². The third-order valence-electron chi connectivity index (χ3n) is 2.25. The summed E-state index contributed by atoms with van der Waals surface area (Å²) < 4.78 is 12.7. The van der Waals surface area contributed by atoms with E-state index in [1.54, 1.807) is 23.5 Å². The molecule has 0 spiro atoms. The summed E-state index contributed by atoms with van der Waals surface area (Å²) in [6.07, 6.45) is 0. The summed E-state index contributed by atoms with van der Waals surface area (Å²) in [4.78, 5) is 0. The third-order valence-corrected chi connectivity index (χ3v) is 2.95. The van der Waals surface area contributed by atoms with E-state index in [0.717, 1.165) is 11.1 Å². The summed E-state index contributed by atoms with van der Waals surface area (Å²) in [5.74, 6) is 5.26. The van der Waals surface area contributed by atoms with Crippen LogP contribution in [0, 0.1) is 5.82 Å². The highest BCUT2D eigenvalue weighted by molar-refractivity contribution is 7.08. The molecule has 0 aliphatic carbocycles. The van der Waals surface area contributed by atoms with E-state index in [9.17, 15) is 4.39 Å². The second-order valence-corrected chi connectivity index (χ2v) is 3.99. The SMILES string of the molecule is NNC(c1ccc(F)cc1)c1ccsc1. The molecule has 1 aromatic carbocycles. The Bertz CT molecular complexity index is 411. The van der Waals surface area contributed by atoms with E-state index in [1.807, 2.05) is 16.8 Å². The fourth-order valence-corrected chi connectivity index (χ4v) is 2.17. The first kappa shape index (κ1) is 10.3. The first-order chi connectivity index (χ1) is 7.31. The number of benzene rings is 1. The molecule has 0 amide bonds. The number of hydrogen-bond donors (Lipinski definition) is 2. The first-order valence-electron chi connectivity index (χ1n) is 4.55. The third kappa shape index (κ3) is 2.23. The van der Waals surface area contributed by atoms with Crippen molar-refractivity contribution < 1.29 is 4.39 Å². The van der Waals surface area contributed by atoms with Gasteiger partial charge in [0, 0.05) is 0 Å². The van der Waals surface area contributed by atoms with Gasteiger partial charge in [0.15, 0.2) is 0 Å². The van der Waals surface area contributed by atoms with Crippen molar-refractivity contribution in [3.63, 3.8) is 0 Å². The summed E-state index contributed by atoms with van der Waals surface area (Å²) >= 11 is 1.61. The Labute approximate surface area is 91.5 Å². The van der Waals surface area contributed by atoms with Gasteiger partial charge in [-0.15, -0.1) is 0 Å². The van der Waals surface area contributed by atoms with E-state index >= 15 is 0 Å². The van der Waals surface area contributed by atoms with Crippen LogP contribution in [0.25, 0.3) is 0 Å². The molecule has 1 aromatic heterocycles. The van der Waals surface area contributed by atoms with Crippen molar-refractivity contribution >= 4 is 11.3 Å². The highest BCUT2D eigenvalue weighted by Gasteiger charge is 2.12. The minimum Gasteiger partial charge on any atom is -0.271 e. The molecule has 0 bridgehead atoms. The van der Waals surface area contributed by atoms with Crippen molar-refractivity contribution in [2.24, 2.45) is 5.84 Å². The molecular formula is C11H11FN2S. The van der Waals surface area contributed by atoms with E-state index < -0.39 is 0 Å². The molecule has 0 saturated carbocycles. The van der Waals surface area contributed by atoms with Gasteiger partial charge in [-0.25, -0.2) is 9.82 Å². The highest BCUT2D eigenvalue weighted by atomic mass is 32.1. The van der Waals surface area contributed by atoms with Crippen molar-refractivity contribution in [3.05, 3.63) is 58.0 Å². The van der Waals surface area contributed by atoms with Crippen LogP contribution >= 0.6 is 11.3 Å². The fourth-order valence-electron chi connectivity index (χ4n) is 1.48. The minimum absolute atomic E-state index is 0.0724. The van der Waals surface area contributed by atoms with Crippen LogP contribution < -0.4 is 11.3 Å². The molecule has 1 atom stereocenters. The van der Waals surface area contributed by atoms with E-state index in [0.29, 0.717) is 0 Å². The Hall–Kier alpha value is -1.23. The molecule has 2 nitrogen and oxygen atoms in total. The van der Waals surface area contributed by atoms with Gasteiger partial charge in [-0.1, -0.05) is 12.1 Å². The van der Waals surface area contributed by atoms with Gasteiger partial charge < -0.3 is 0 Å². The molecule has 2 aromatic rings.